The molecule has 0 fully saturated rings. The van der Waals surface area contributed by atoms with Crippen molar-refractivity contribution < 1.29 is 24.0 Å². The second-order valence-electron chi connectivity index (χ2n) is 7.93. The van der Waals surface area contributed by atoms with Crippen molar-refractivity contribution in [2.75, 3.05) is 13.2 Å². The van der Waals surface area contributed by atoms with Crippen molar-refractivity contribution in [3.8, 4) is 5.75 Å². The molecule has 0 aromatic heterocycles. The molecule has 0 aliphatic rings. The zero-order valence-electron chi connectivity index (χ0n) is 19.3. The Morgan fingerprint density at radius 2 is 1.47 bits per heavy atom. The number of ether oxygens (including phenoxy) is 2. The average Bonchev–Trinajstić information content (AvgIpc) is 2.77. The molecule has 0 bridgehead atoms. The van der Waals surface area contributed by atoms with Crippen LogP contribution in [0.4, 0.5) is 10.5 Å². The highest BCUT2D eigenvalue weighted by Crippen LogP contribution is 2.17. The van der Waals surface area contributed by atoms with Crippen LogP contribution in [0.5, 0.6) is 5.75 Å². The first kappa shape index (κ1) is 27.4. The quantitative estimate of drug-likeness (QED) is 0.121. The van der Waals surface area contributed by atoms with E-state index in [9.17, 15) is 19.7 Å². The van der Waals surface area contributed by atoms with Gasteiger partial charge in [0.25, 0.3) is 5.69 Å². The number of carbonyl (C=O) groups excluding carboxylic acids is 2. The van der Waals surface area contributed by atoms with Gasteiger partial charge in [0.15, 0.2) is 0 Å². The van der Waals surface area contributed by atoms with Crippen LogP contribution in [0.3, 0.4) is 0 Å². The molecule has 180 valence electrons. The fourth-order valence-corrected chi connectivity index (χ4v) is 3.21. The van der Waals surface area contributed by atoms with Gasteiger partial charge in [-0.25, -0.2) is 4.79 Å². The lowest BCUT2D eigenvalue weighted by atomic mass is 10.1. The Balaban J connectivity index is 1.91. The Hall–Kier alpha value is -2.64. The molecule has 0 aliphatic carbocycles. The van der Waals surface area contributed by atoms with Gasteiger partial charge in [-0.2, -0.15) is 0 Å². The van der Waals surface area contributed by atoms with Crippen LogP contribution in [-0.4, -0.2) is 30.1 Å². The van der Waals surface area contributed by atoms with Gasteiger partial charge in [-0.1, -0.05) is 64.7 Å². The van der Waals surface area contributed by atoms with Crippen LogP contribution < -0.4 is 10.1 Å². The summed E-state index contributed by atoms with van der Waals surface area (Å²) in [6, 6.07) is 5.34. The fourth-order valence-electron chi connectivity index (χ4n) is 3.21. The number of esters is 1. The number of unbranched alkanes of at least 4 members (excludes halogenated alkanes) is 10. The standard InChI is InChI=1S/C24H38N2O6/c1-2-3-4-5-6-10-13-20-31-23(27)14-11-8-7-9-12-19-25-24(28)32-22-17-15-21(16-18-22)26(29)30/h15-18H,2-14,19-20H2,1H3,(H,25,28). The minimum atomic E-state index is -0.581. The Labute approximate surface area is 191 Å². The number of nitro benzene ring substituents is 1. The normalized spacial score (nSPS) is 10.5. The maximum atomic E-state index is 11.7. The lowest BCUT2D eigenvalue weighted by Gasteiger charge is -2.07. The first-order valence-electron chi connectivity index (χ1n) is 11.9. The molecule has 0 unspecified atom stereocenters. The van der Waals surface area contributed by atoms with Crippen molar-refractivity contribution >= 4 is 17.7 Å². The summed E-state index contributed by atoms with van der Waals surface area (Å²) in [5.74, 6) is 0.151. The van der Waals surface area contributed by atoms with E-state index in [1.807, 2.05) is 0 Å². The van der Waals surface area contributed by atoms with Crippen LogP contribution in [0.25, 0.3) is 0 Å². The summed E-state index contributed by atoms with van der Waals surface area (Å²) in [5.41, 5.74) is -0.0563. The van der Waals surface area contributed by atoms with Crippen LogP contribution in [0.2, 0.25) is 0 Å². The number of benzene rings is 1. The minimum absolute atomic E-state index is 0.0563. The van der Waals surface area contributed by atoms with Crippen molar-refractivity contribution in [1.29, 1.82) is 0 Å². The molecule has 1 N–H and O–H groups in total. The Kier molecular flexibility index (Phi) is 15.4. The molecule has 1 rings (SSSR count). The van der Waals surface area contributed by atoms with Crippen LogP contribution in [0.1, 0.15) is 90.4 Å². The highest BCUT2D eigenvalue weighted by molar-refractivity contribution is 5.70. The molecule has 8 heteroatoms. The van der Waals surface area contributed by atoms with Crippen LogP contribution in [0.15, 0.2) is 24.3 Å². The zero-order chi connectivity index (χ0) is 23.4. The average molecular weight is 451 g/mol. The smallest absolute Gasteiger partial charge is 0.412 e. The topological polar surface area (TPSA) is 108 Å². The van der Waals surface area contributed by atoms with E-state index in [2.05, 4.69) is 12.2 Å². The maximum absolute atomic E-state index is 11.7. The predicted molar refractivity (Wildman–Crippen MR) is 124 cm³/mol. The molecular formula is C24H38N2O6. The Morgan fingerprint density at radius 1 is 0.875 bits per heavy atom. The van der Waals surface area contributed by atoms with Crippen LogP contribution in [-0.2, 0) is 9.53 Å². The molecule has 0 saturated heterocycles. The van der Waals surface area contributed by atoms with Gasteiger partial charge < -0.3 is 14.8 Å². The number of hydrogen-bond acceptors (Lipinski definition) is 6. The number of amides is 1. The summed E-state index contributed by atoms with van der Waals surface area (Å²) in [6.07, 6.45) is 12.9. The molecule has 0 atom stereocenters. The summed E-state index contributed by atoms with van der Waals surface area (Å²) in [5, 5.41) is 13.3. The van der Waals surface area contributed by atoms with Gasteiger partial charge in [0.2, 0.25) is 0 Å². The largest absolute Gasteiger partial charge is 0.466 e. The van der Waals surface area contributed by atoms with Crippen LogP contribution in [0, 0.1) is 10.1 Å². The molecule has 0 spiro atoms. The van der Waals surface area contributed by atoms with Crippen molar-refractivity contribution in [3.05, 3.63) is 34.4 Å². The van der Waals surface area contributed by atoms with Crippen molar-refractivity contribution in [3.63, 3.8) is 0 Å². The van der Waals surface area contributed by atoms with Crippen molar-refractivity contribution in [2.24, 2.45) is 0 Å². The van der Waals surface area contributed by atoms with E-state index in [0.29, 0.717) is 19.6 Å². The molecule has 0 saturated carbocycles. The molecule has 1 aromatic carbocycles. The van der Waals surface area contributed by atoms with Gasteiger partial charge >= 0.3 is 12.1 Å². The Morgan fingerprint density at radius 3 is 2.12 bits per heavy atom. The van der Waals surface area contributed by atoms with E-state index in [0.717, 1.165) is 44.9 Å². The van der Waals surface area contributed by atoms with Gasteiger partial charge in [-0.3, -0.25) is 14.9 Å². The summed E-state index contributed by atoms with van der Waals surface area (Å²) < 4.78 is 10.3. The third kappa shape index (κ3) is 14.4. The van der Waals surface area contributed by atoms with Crippen LogP contribution >= 0.6 is 0 Å². The number of nitrogens with one attached hydrogen (secondary N) is 1. The van der Waals surface area contributed by atoms with E-state index in [-0.39, 0.29) is 17.4 Å². The van der Waals surface area contributed by atoms with Gasteiger partial charge in [-0.15, -0.1) is 0 Å². The van der Waals surface area contributed by atoms with Crippen molar-refractivity contribution in [2.45, 2.75) is 90.4 Å². The zero-order valence-corrected chi connectivity index (χ0v) is 19.3. The molecule has 1 amide bonds. The van der Waals surface area contributed by atoms with E-state index >= 15 is 0 Å². The number of rotatable bonds is 18. The predicted octanol–water partition coefficient (Wildman–Crippen LogP) is 6.32. The number of nitrogens with zero attached hydrogens (tertiary/aromatic N) is 1. The summed E-state index contributed by atoms with van der Waals surface area (Å²) in [4.78, 5) is 33.5. The molecule has 1 aromatic rings. The van der Waals surface area contributed by atoms with E-state index in [1.54, 1.807) is 0 Å². The number of non-ortho nitro benzene ring substituents is 1. The first-order chi connectivity index (χ1) is 15.5. The van der Waals surface area contributed by atoms with Gasteiger partial charge in [0.1, 0.15) is 5.75 Å². The maximum Gasteiger partial charge on any atom is 0.412 e. The number of hydrogen-bond donors (Lipinski definition) is 1. The third-order valence-corrected chi connectivity index (χ3v) is 5.10. The van der Waals surface area contributed by atoms with E-state index in [1.165, 1.54) is 56.4 Å². The lowest BCUT2D eigenvalue weighted by molar-refractivity contribution is -0.384. The molecule has 0 aliphatic heterocycles. The van der Waals surface area contributed by atoms with E-state index < -0.39 is 11.0 Å². The van der Waals surface area contributed by atoms with Crippen molar-refractivity contribution in [1.82, 2.24) is 5.32 Å². The molecule has 32 heavy (non-hydrogen) atoms. The minimum Gasteiger partial charge on any atom is -0.466 e. The molecule has 0 heterocycles. The number of carbonyl (C=O) groups is 2. The second kappa shape index (κ2) is 18.0. The monoisotopic (exact) mass is 450 g/mol. The van der Waals surface area contributed by atoms with Gasteiger partial charge in [-0.05, 0) is 31.4 Å². The summed E-state index contributed by atoms with van der Waals surface area (Å²) in [7, 11) is 0. The first-order valence-corrected chi connectivity index (χ1v) is 11.9. The molecular weight excluding hydrogens is 412 g/mol. The third-order valence-electron chi connectivity index (χ3n) is 5.10. The van der Waals surface area contributed by atoms with Gasteiger partial charge in [0, 0.05) is 25.1 Å². The van der Waals surface area contributed by atoms with Gasteiger partial charge in [0.05, 0.1) is 11.5 Å². The molecule has 8 nitrogen and oxygen atoms in total. The summed E-state index contributed by atoms with van der Waals surface area (Å²) in [6.45, 7) is 3.24. The fraction of sp³-hybridized carbons (Fsp3) is 0.667. The second-order valence-corrected chi connectivity index (χ2v) is 7.93. The number of nitro groups is 1. The lowest BCUT2D eigenvalue weighted by Crippen LogP contribution is -2.27. The summed E-state index contributed by atoms with van der Waals surface area (Å²) >= 11 is 0. The van der Waals surface area contributed by atoms with E-state index in [4.69, 9.17) is 9.47 Å². The highest BCUT2D eigenvalue weighted by atomic mass is 16.6. The highest BCUT2D eigenvalue weighted by Gasteiger charge is 2.08. The Bertz CT molecular complexity index is 663. The SMILES string of the molecule is CCCCCCCCCOC(=O)CCCCCCCNC(=O)Oc1ccc([N+](=O)[O-])cc1. The molecule has 0 radical (unpaired) electrons.